The van der Waals surface area contributed by atoms with Crippen LogP contribution in [0.4, 0.5) is 0 Å². The van der Waals surface area contributed by atoms with Gasteiger partial charge in [0.1, 0.15) is 22.3 Å². The number of hydrogen-bond acceptors (Lipinski definition) is 8. The second-order valence-corrected chi connectivity index (χ2v) is 24.4. The van der Waals surface area contributed by atoms with E-state index in [9.17, 15) is 0 Å². The standard InChI is InChI=1S/C86H52N6O2/c1-3-17-53(18-4-1)81-87-83(91-85(89-81)71-27-11-7-21-61(71)59-41-43-65-63-23-13-15-29-75(63)93-77(65)49-59)55-35-31-51(32-36-55)57-39-45-69-73(47-57)79-67-25-9-10-26-68(67)80(69)74-48-58(40-46-70(74)79)52-33-37-56(38-34-52)84-88-82(54-19-5-2-6-20-54)90-86(92-84)72-28-12-8-22-62(72)60-42-44-66-64-24-14-16-30-76(64)94-78(66)50-60/h1-50,79-80H. The molecule has 2 atom stereocenters. The molecule has 2 unspecified atom stereocenters. The average molecular weight is 1200 g/mol. The van der Waals surface area contributed by atoms with Gasteiger partial charge in [0.2, 0.25) is 0 Å². The summed E-state index contributed by atoms with van der Waals surface area (Å²) < 4.78 is 12.7. The molecule has 0 fully saturated rings. The van der Waals surface area contributed by atoms with Crippen LogP contribution in [0.1, 0.15) is 45.2 Å². The Labute approximate surface area is 540 Å². The van der Waals surface area contributed by atoms with Gasteiger partial charge in [0.05, 0.1) is 0 Å². The summed E-state index contributed by atoms with van der Waals surface area (Å²) in [6.07, 6.45) is 0. The van der Waals surface area contributed by atoms with Crippen LogP contribution in [0, 0.1) is 0 Å². The average Bonchev–Trinajstić information content (AvgIpc) is 0.872. The number of para-hydroxylation sites is 2. The monoisotopic (exact) mass is 1200 g/mol. The molecular formula is C86H52N6O2. The van der Waals surface area contributed by atoms with Crippen LogP contribution in [-0.2, 0) is 0 Å². The third-order valence-electron chi connectivity index (χ3n) is 19.0. The summed E-state index contributed by atoms with van der Waals surface area (Å²) in [6, 6.07) is 107. The van der Waals surface area contributed by atoms with Gasteiger partial charge in [0.25, 0.3) is 0 Å². The van der Waals surface area contributed by atoms with E-state index in [1.807, 2.05) is 109 Å². The molecule has 4 aromatic heterocycles. The van der Waals surface area contributed by atoms with Gasteiger partial charge in [-0.1, -0.05) is 255 Å². The number of furan rings is 2. The molecule has 3 aliphatic carbocycles. The minimum absolute atomic E-state index is 0.0838. The van der Waals surface area contributed by atoms with Crippen molar-refractivity contribution in [2.24, 2.45) is 0 Å². The van der Waals surface area contributed by atoms with Gasteiger partial charge in [0, 0.05) is 66.8 Å². The zero-order valence-electron chi connectivity index (χ0n) is 50.5. The van der Waals surface area contributed by atoms with E-state index in [1.54, 1.807) is 0 Å². The summed E-state index contributed by atoms with van der Waals surface area (Å²) in [5.41, 5.74) is 25.6. The van der Waals surface area contributed by atoms with Crippen LogP contribution in [0.3, 0.4) is 0 Å². The van der Waals surface area contributed by atoms with Crippen molar-refractivity contribution in [2.45, 2.75) is 11.8 Å². The molecule has 0 spiro atoms. The predicted octanol–water partition coefficient (Wildman–Crippen LogP) is 21.5. The van der Waals surface area contributed by atoms with Crippen LogP contribution in [0.2, 0.25) is 0 Å². The summed E-state index contributed by atoms with van der Waals surface area (Å²) in [7, 11) is 0. The molecule has 94 heavy (non-hydrogen) atoms. The minimum atomic E-state index is 0.0838. The van der Waals surface area contributed by atoms with Crippen LogP contribution in [0.5, 0.6) is 0 Å². The Balaban J connectivity index is 0.633. The van der Waals surface area contributed by atoms with Gasteiger partial charge >= 0.3 is 0 Å². The normalized spacial score (nSPS) is 13.7. The maximum absolute atomic E-state index is 6.35. The molecule has 0 amide bonds. The van der Waals surface area contributed by atoms with E-state index < -0.39 is 0 Å². The Morgan fingerprint density at radius 1 is 0.181 bits per heavy atom. The highest BCUT2D eigenvalue weighted by Gasteiger charge is 2.41. The molecular weight excluding hydrogens is 1150 g/mol. The highest BCUT2D eigenvalue weighted by atomic mass is 16.3. The van der Waals surface area contributed by atoms with Crippen molar-refractivity contribution in [3.63, 3.8) is 0 Å². The molecule has 0 N–H and O–H groups in total. The molecule has 0 aliphatic heterocycles. The van der Waals surface area contributed by atoms with Crippen LogP contribution in [0.25, 0.3) is 157 Å². The maximum Gasteiger partial charge on any atom is 0.164 e. The fourth-order valence-electron chi connectivity index (χ4n) is 14.5. The Bertz CT molecular complexity index is 5520. The molecule has 4 heterocycles. The summed E-state index contributed by atoms with van der Waals surface area (Å²) in [5.74, 6) is 3.79. The Morgan fingerprint density at radius 3 is 0.904 bits per heavy atom. The first-order chi connectivity index (χ1) is 46.5. The number of aromatic nitrogens is 6. The van der Waals surface area contributed by atoms with Crippen molar-refractivity contribution in [3.8, 4) is 113 Å². The van der Waals surface area contributed by atoms with E-state index in [0.717, 1.165) is 122 Å². The summed E-state index contributed by atoms with van der Waals surface area (Å²) in [4.78, 5) is 31.1. The molecule has 13 aromatic carbocycles. The number of nitrogens with zero attached hydrogens (tertiary/aromatic N) is 6. The topological polar surface area (TPSA) is 104 Å². The van der Waals surface area contributed by atoms with Crippen molar-refractivity contribution < 1.29 is 8.83 Å². The summed E-state index contributed by atoms with van der Waals surface area (Å²) in [5, 5.41) is 4.37. The van der Waals surface area contributed by atoms with Crippen molar-refractivity contribution in [3.05, 3.63) is 337 Å². The fraction of sp³-hybridized carbons (Fsp3) is 0.0233. The third kappa shape index (κ3) is 8.90. The molecule has 0 radical (unpaired) electrons. The highest BCUT2D eigenvalue weighted by molar-refractivity contribution is 6.07. The zero-order valence-corrected chi connectivity index (χ0v) is 50.5. The number of rotatable bonds is 10. The van der Waals surface area contributed by atoms with Gasteiger partial charge < -0.3 is 8.83 Å². The molecule has 17 aromatic rings. The van der Waals surface area contributed by atoms with E-state index in [2.05, 4.69) is 194 Å². The number of hydrogen-bond donors (Lipinski definition) is 0. The molecule has 3 aliphatic rings. The smallest absolute Gasteiger partial charge is 0.164 e. The van der Waals surface area contributed by atoms with Crippen molar-refractivity contribution in [1.29, 1.82) is 0 Å². The molecule has 438 valence electrons. The summed E-state index contributed by atoms with van der Waals surface area (Å²) in [6.45, 7) is 0. The molecule has 0 saturated heterocycles. The van der Waals surface area contributed by atoms with Crippen LogP contribution in [-0.4, -0.2) is 29.9 Å². The van der Waals surface area contributed by atoms with E-state index in [-0.39, 0.29) is 11.8 Å². The van der Waals surface area contributed by atoms with Crippen molar-refractivity contribution >= 4 is 43.9 Å². The third-order valence-corrected chi connectivity index (χ3v) is 19.0. The van der Waals surface area contributed by atoms with E-state index >= 15 is 0 Å². The van der Waals surface area contributed by atoms with Gasteiger partial charge in [-0.3, -0.25) is 0 Å². The van der Waals surface area contributed by atoms with Crippen LogP contribution >= 0.6 is 0 Å². The zero-order chi connectivity index (χ0) is 61.8. The summed E-state index contributed by atoms with van der Waals surface area (Å²) >= 11 is 0. The lowest BCUT2D eigenvalue weighted by Gasteiger charge is -2.42. The minimum Gasteiger partial charge on any atom is -0.456 e. The van der Waals surface area contributed by atoms with Gasteiger partial charge in [-0.2, -0.15) is 0 Å². The molecule has 20 rings (SSSR count). The van der Waals surface area contributed by atoms with Crippen LogP contribution in [0.15, 0.2) is 312 Å². The lowest BCUT2D eigenvalue weighted by atomic mass is 9.60. The Hall–Kier alpha value is -12.5. The molecule has 8 heteroatoms. The number of benzene rings is 13. The molecule has 8 nitrogen and oxygen atoms in total. The second kappa shape index (κ2) is 21.6. The predicted molar refractivity (Wildman–Crippen MR) is 377 cm³/mol. The van der Waals surface area contributed by atoms with E-state index in [0.29, 0.717) is 34.9 Å². The maximum atomic E-state index is 6.35. The molecule has 2 bridgehead atoms. The number of fused-ring (bicyclic) bond motifs is 6. The Kier molecular flexibility index (Phi) is 12.2. The largest absolute Gasteiger partial charge is 0.456 e. The van der Waals surface area contributed by atoms with Crippen molar-refractivity contribution in [2.75, 3.05) is 0 Å². The van der Waals surface area contributed by atoms with Crippen molar-refractivity contribution in [1.82, 2.24) is 29.9 Å². The quantitative estimate of drug-likeness (QED) is 0.133. The van der Waals surface area contributed by atoms with E-state index in [1.165, 1.54) is 33.4 Å². The first-order valence-electron chi connectivity index (χ1n) is 31.8. The second-order valence-electron chi connectivity index (χ2n) is 24.4. The Morgan fingerprint density at radius 2 is 0.479 bits per heavy atom. The van der Waals surface area contributed by atoms with Gasteiger partial charge in [-0.05, 0) is 126 Å². The molecule has 0 saturated carbocycles. The SMILES string of the molecule is c1ccc(-c2nc(-c3ccc(-c4ccc5c(c4)C4c6ccccc6C5c5cc(-c6ccc(-c7nc(-c8ccccc8)nc(-c8ccccc8-c8ccc9c(c8)oc8ccccc89)n7)cc6)ccc54)cc3)nc(-c3ccccc3-c3ccc4c(c3)oc3ccccc34)n2)cc1. The van der Waals surface area contributed by atoms with Gasteiger partial charge in [-0.25, -0.2) is 29.9 Å². The van der Waals surface area contributed by atoms with E-state index in [4.69, 9.17) is 38.7 Å². The fourth-order valence-corrected chi connectivity index (χ4v) is 14.5. The lowest BCUT2D eigenvalue weighted by molar-refractivity contribution is 0.668. The lowest BCUT2D eigenvalue weighted by Crippen LogP contribution is -2.27. The first-order valence-corrected chi connectivity index (χ1v) is 31.8. The van der Waals surface area contributed by atoms with Gasteiger partial charge in [0.15, 0.2) is 34.9 Å². The first kappa shape index (κ1) is 53.3. The van der Waals surface area contributed by atoms with Crippen LogP contribution < -0.4 is 0 Å². The van der Waals surface area contributed by atoms with Gasteiger partial charge in [-0.15, -0.1) is 0 Å². The highest BCUT2D eigenvalue weighted by Crippen LogP contribution is 2.57.